The third-order valence-corrected chi connectivity index (χ3v) is 3.95. The van der Waals surface area contributed by atoms with Gasteiger partial charge in [0.15, 0.2) is 11.6 Å². The molecule has 0 bridgehead atoms. The zero-order valence-electron chi connectivity index (χ0n) is 13.3. The quantitative estimate of drug-likeness (QED) is 0.659. The summed E-state index contributed by atoms with van der Waals surface area (Å²) in [5.74, 6) is 1.67. The Morgan fingerprint density at radius 3 is 2.42 bits per heavy atom. The number of nitrogens with zero attached hydrogens (tertiary/aromatic N) is 3. The number of anilines is 5. The first-order valence-electron chi connectivity index (χ1n) is 7.38. The van der Waals surface area contributed by atoms with E-state index >= 15 is 0 Å². The molecule has 0 saturated carbocycles. The maximum Gasteiger partial charge on any atom is 0.160 e. The highest BCUT2D eigenvalue weighted by molar-refractivity contribution is 6.31. The van der Waals surface area contributed by atoms with E-state index in [4.69, 9.17) is 17.3 Å². The molecule has 24 heavy (non-hydrogen) atoms. The Labute approximate surface area is 145 Å². The van der Waals surface area contributed by atoms with Gasteiger partial charge in [-0.2, -0.15) is 0 Å². The molecular weight excluding hydrogens is 324 g/mol. The number of nitrogen functional groups attached to an aromatic ring is 1. The second-order valence-electron chi connectivity index (χ2n) is 5.31. The lowest BCUT2D eigenvalue weighted by molar-refractivity contribution is 1.15. The molecule has 0 unspecified atom stereocenters. The van der Waals surface area contributed by atoms with Gasteiger partial charge in [-0.15, -0.1) is 0 Å². The van der Waals surface area contributed by atoms with Crippen molar-refractivity contribution in [3.63, 3.8) is 0 Å². The number of halogens is 1. The first-order valence-corrected chi connectivity index (χ1v) is 7.75. The number of benzene rings is 1. The second-order valence-corrected chi connectivity index (χ2v) is 5.72. The van der Waals surface area contributed by atoms with Crippen molar-refractivity contribution in [2.45, 2.75) is 13.8 Å². The largest absolute Gasteiger partial charge is 0.393 e. The summed E-state index contributed by atoms with van der Waals surface area (Å²) in [7, 11) is 0. The summed E-state index contributed by atoms with van der Waals surface area (Å²) in [6.45, 7) is 3.85. The van der Waals surface area contributed by atoms with Gasteiger partial charge in [0.25, 0.3) is 0 Å². The molecule has 2 aromatic heterocycles. The summed E-state index contributed by atoms with van der Waals surface area (Å²) in [6, 6.07) is 11.3. The maximum atomic E-state index is 6.19. The molecule has 3 rings (SSSR count). The predicted octanol–water partition coefficient (Wildman–Crippen LogP) is 4.21. The number of pyridine rings is 1. The summed E-state index contributed by atoms with van der Waals surface area (Å²) < 4.78 is 0. The van der Waals surface area contributed by atoms with Gasteiger partial charge in [-0.3, -0.25) is 0 Å². The van der Waals surface area contributed by atoms with Crippen molar-refractivity contribution in [2.24, 2.45) is 0 Å². The minimum atomic E-state index is 0.403. The monoisotopic (exact) mass is 340 g/mol. The smallest absolute Gasteiger partial charge is 0.160 e. The van der Waals surface area contributed by atoms with E-state index in [0.29, 0.717) is 28.2 Å². The number of rotatable bonds is 4. The number of nitrogens with one attached hydrogen (secondary N) is 2. The summed E-state index contributed by atoms with van der Waals surface area (Å²) in [4.78, 5) is 12.8. The number of nitrogens with two attached hydrogens (primary N) is 1. The molecule has 0 atom stereocenters. The van der Waals surface area contributed by atoms with Crippen LogP contribution in [0.3, 0.4) is 0 Å². The van der Waals surface area contributed by atoms with Crippen molar-refractivity contribution in [1.29, 1.82) is 0 Å². The van der Waals surface area contributed by atoms with Crippen molar-refractivity contribution in [3.05, 3.63) is 59.0 Å². The Morgan fingerprint density at radius 2 is 1.67 bits per heavy atom. The fourth-order valence-corrected chi connectivity index (χ4v) is 2.37. The van der Waals surface area contributed by atoms with E-state index < -0.39 is 0 Å². The summed E-state index contributed by atoms with van der Waals surface area (Å²) in [6.07, 6.45) is 1.44. The lowest BCUT2D eigenvalue weighted by atomic mass is 10.2. The zero-order chi connectivity index (χ0) is 17.1. The molecule has 1 aromatic carbocycles. The molecule has 0 aliphatic heterocycles. The van der Waals surface area contributed by atoms with Gasteiger partial charge in [-0.25, -0.2) is 15.0 Å². The van der Waals surface area contributed by atoms with Gasteiger partial charge < -0.3 is 16.4 Å². The van der Waals surface area contributed by atoms with Crippen LogP contribution >= 0.6 is 11.6 Å². The molecule has 2 heterocycles. The molecule has 7 heteroatoms. The SMILES string of the molecule is Cc1cccc(Nc2ncnc(Nc3cccc(Cl)c3C)c2N)n1. The lowest BCUT2D eigenvalue weighted by Crippen LogP contribution is -2.06. The van der Waals surface area contributed by atoms with Crippen molar-refractivity contribution in [3.8, 4) is 0 Å². The van der Waals surface area contributed by atoms with Crippen LogP contribution < -0.4 is 16.4 Å². The van der Waals surface area contributed by atoms with Gasteiger partial charge in [0.1, 0.15) is 17.8 Å². The Bertz CT molecular complexity index is 881. The molecular formula is C17H17ClN6. The van der Waals surface area contributed by atoms with E-state index in [1.807, 2.05) is 50.2 Å². The molecule has 0 spiro atoms. The van der Waals surface area contributed by atoms with Crippen LogP contribution in [0.4, 0.5) is 28.8 Å². The second kappa shape index (κ2) is 6.72. The number of aryl methyl sites for hydroxylation is 1. The summed E-state index contributed by atoms with van der Waals surface area (Å²) in [5.41, 5.74) is 9.26. The average molecular weight is 341 g/mol. The van der Waals surface area contributed by atoms with Crippen LogP contribution in [0.2, 0.25) is 5.02 Å². The van der Waals surface area contributed by atoms with Crippen LogP contribution in [0, 0.1) is 13.8 Å². The van der Waals surface area contributed by atoms with Crippen molar-refractivity contribution >= 4 is 40.4 Å². The van der Waals surface area contributed by atoms with Crippen LogP contribution in [0.15, 0.2) is 42.7 Å². The summed E-state index contributed by atoms with van der Waals surface area (Å²) >= 11 is 6.15. The van der Waals surface area contributed by atoms with Gasteiger partial charge in [-0.05, 0) is 43.7 Å². The van der Waals surface area contributed by atoms with E-state index in [9.17, 15) is 0 Å². The average Bonchev–Trinajstić information content (AvgIpc) is 2.55. The molecule has 0 amide bonds. The molecule has 3 aromatic rings. The minimum Gasteiger partial charge on any atom is -0.393 e. The van der Waals surface area contributed by atoms with Crippen LogP contribution in [0.5, 0.6) is 0 Å². The first-order chi connectivity index (χ1) is 11.5. The highest BCUT2D eigenvalue weighted by Gasteiger charge is 2.11. The fourth-order valence-electron chi connectivity index (χ4n) is 2.20. The lowest BCUT2D eigenvalue weighted by Gasteiger charge is -2.14. The Hall–Kier alpha value is -2.86. The number of aromatic nitrogens is 3. The zero-order valence-corrected chi connectivity index (χ0v) is 14.1. The standard InChI is InChI=1S/C17H17ClN6/c1-10-5-3-8-14(22-10)24-17-15(19)16(20-9-21-17)23-13-7-4-6-12(18)11(13)2/h3-9H,19H2,1-2H3,(H2,20,21,22,23,24). The van der Waals surface area contributed by atoms with Gasteiger partial charge in [0.2, 0.25) is 0 Å². The maximum absolute atomic E-state index is 6.19. The Kier molecular flexibility index (Phi) is 4.48. The van der Waals surface area contributed by atoms with Gasteiger partial charge in [0, 0.05) is 16.4 Å². The van der Waals surface area contributed by atoms with E-state index in [2.05, 4.69) is 25.6 Å². The van der Waals surface area contributed by atoms with E-state index in [1.165, 1.54) is 6.33 Å². The highest BCUT2D eigenvalue weighted by atomic mass is 35.5. The first kappa shape index (κ1) is 16.0. The van der Waals surface area contributed by atoms with Crippen LogP contribution in [0.25, 0.3) is 0 Å². The fraction of sp³-hybridized carbons (Fsp3) is 0.118. The number of hydrogen-bond donors (Lipinski definition) is 3. The Balaban J connectivity index is 1.89. The van der Waals surface area contributed by atoms with Crippen LogP contribution in [-0.4, -0.2) is 15.0 Å². The Morgan fingerprint density at radius 1 is 0.958 bits per heavy atom. The topological polar surface area (TPSA) is 88.8 Å². The molecule has 0 fully saturated rings. The van der Waals surface area contributed by atoms with Gasteiger partial charge in [0.05, 0.1) is 0 Å². The highest BCUT2D eigenvalue weighted by Crippen LogP contribution is 2.30. The predicted molar refractivity (Wildman–Crippen MR) is 98.2 cm³/mol. The van der Waals surface area contributed by atoms with Gasteiger partial charge in [-0.1, -0.05) is 23.7 Å². The van der Waals surface area contributed by atoms with Gasteiger partial charge >= 0.3 is 0 Å². The normalized spacial score (nSPS) is 10.5. The van der Waals surface area contributed by atoms with Crippen LogP contribution in [0.1, 0.15) is 11.3 Å². The van der Waals surface area contributed by atoms with Crippen molar-refractivity contribution < 1.29 is 0 Å². The molecule has 6 nitrogen and oxygen atoms in total. The van der Waals surface area contributed by atoms with Crippen molar-refractivity contribution in [1.82, 2.24) is 15.0 Å². The molecule has 0 aliphatic rings. The summed E-state index contributed by atoms with van der Waals surface area (Å²) in [5, 5.41) is 6.99. The third kappa shape index (κ3) is 3.38. The van der Waals surface area contributed by atoms with Crippen molar-refractivity contribution in [2.75, 3.05) is 16.4 Å². The molecule has 0 saturated heterocycles. The molecule has 0 aliphatic carbocycles. The third-order valence-electron chi connectivity index (χ3n) is 3.54. The molecule has 122 valence electrons. The minimum absolute atomic E-state index is 0.403. The van der Waals surface area contributed by atoms with Crippen LogP contribution in [-0.2, 0) is 0 Å². The van der Waals surface area contributed by atoms with E-state index in [0.717, 1.165) is 16.9 Å². The number of hydrogen-bond acceptors (Lipinski definition) is 6. The van der Waals surface area contributed by atoms with E-state index in [1.54, 1.807) is 0 Å². The molecule has 0 radical (unpaired) electrons. The van der Waals surface area contributed by atoms with E-state index in [-0.39, 0.29) is 0 Å². The molecule has 4 N–H and O–H groups in total.